The fraction of sp³-hybridized carbons (Fsp3) is 0.746. The molecule has 2 N–H and O–H groups in total. The van der Waals surface area contributed by atoms with E-state index in [-0.39, 0.29) is 6.61 Å². The number of amides is 1. The van der Waals surface area contributed by atoms with Crippen molar-refractivity contribution in [2.24, 2.45) is 0 Å². The predicted molar refractivity (Wildman–Crippen MR) is 365 cm³/mol. The van der Waals surface area contributed by atoms with Gasteiger partial charge in [-0.3, -0.25) is 76.7 Å². The molecule has 1 amide bonds. The summed E-state index contributed by atoms with van der Waals surface area (Å²) in [5.74, 6) is -17.3. The van der Waals surface area contributed by atoms with Crippen molar-refractivity contribution in [2.45, 2.75) is 309 Å². The lowest BCUT2D eigenvalue weighted by Gasteiger charge is -2.53. The van der Waals surface area contributed by atoms with Gasteiger partial charge in [0.15, 0.2) is 111 Å². The zero-order valence-corrected chi connectivity index (χ0v) is 66.6. The molecular formula is C71H99NO44. The summed E-state index contributed by atoms with van der Waals surface area (Å²) < 4.78 is 164. The van der Waals surface area contributed by atoms with Crippen molar-refractivity contribution < 1.29 is 210 Å². The van der Waals surface area contributed by atoms with Gasteiger partial charge in [0.1, 0.15) is 87.4 Å². The fourth-order valence-electron chi connectivity index (χ4n) is 13.3. The highest BCUT2D eigenvalue weighted by atomic mass is 16.8. The highest BCUT2D eigenvalue weighted by Crippen LogP contribution is 2.43. The predicted octanol–water partition coefficient (Wildman–Crippen LogP) is -2.13. The van der Waals surface area contributed by atoms with Gasteiger partial charge in [0.25, 0.3) is 0 Å². The van der Waals surface area contributed by atoms with Gasteiger partial charge in [0.2, 0.25) is 5.91 Å². The van der Waals surface area contributed by atoms with Crippen LogP contribution in [0.2, 0.25) is 0 Å². The van der Waals surface area contributed by atoms with Gasteiger partial charge in [0.05, 0.1) is 18.8 Å². The first-order chi connectivity index (χ1) is 54.4. The van der Waals surface area contributed by atoms with Gasteiger partial charge in [-0.05, 0) is 13.8 Å². The molecule has 0 saturated carbocycles. The molecule has 6 fully saturated rings. The molecule has 0 aromatic carbocycles. The van der Waals surface area contributed by atoms with Crippen molar-refractivity contribution >= 4 is 95.4 Å². The summed E-state index contributed by atoms with van der Waals surface area (Å²) in [6.07, 6.45) is -57.5. The van der Waals surface area contributed by atoms with Gasteiger partial charge >= 0.3 is 89.5 Å². The number of carbonyl (C=O) groups is 16. The lowest BCUT2D eigenvalue weighted by atomic mass is 9.93. The molecule has 6 aliphatic heterocycles. The maximum absolute atomic E-state index is 14.4. The number of hydrogen-bond donors (Lipinski definition) is 2. The SMILES string of the molecule is C=CCO[C@@H]1O[C@H](COC(C)=O)[C@@H](O[C@@H]2O[C@H](COC(C)=O)[C@H](OC(C)=O)[C@H](O[C@@H]3O[C@H](COC(C)=O)[C@@H](O[C@@H]4O[C@H](COC(C)=O)[C@H](OC(C)=O)[C@H](OC(C)=O)[C@H]4O[C@@H]4O[C@@H](C)[C@@H](OC(C)=O)[C@@H](OC(C)=O)[C@@H]4OC(C)=O)[C@H](O[C@@H]4O[C@@H](C)[C@@H](OC(C)=O)[C@@H](OC(C)=O)[C@@H]4OC(C)=O)[C@H]3NC(C)=O)[C@H]2OC(C)=O)[C@H](OC(C)=O)[C@H]1O. The summed E-state index contributed by atoms with van der Waals surface area (Å²) in [5.41, 5.74) is 0. The van der Waals surface area contributed by atoms with E-state index in [1.54, 1.807) is 0 Å². The monoisotopic (exact) mass is 1670 g/mol. The molecule has 116 heavy (non-hydrogen) atoms. The van der Waals surface area contributed by atoms with Crippen molar-refractivity contribution in [3.63, 3.8) is 0 Å². The van der Waals surface area contributed by atoms with Gasteiger partial charge in [-0.2, -0.15) is 0 Å². The van der Waals surface area contributed by atoms with E-state index in [4.69, 9.17) is 128 Å². The molecule has 0 aromatic heterocycles. The van der Waals surface area contributed by atoms with Crippen LogP contribution >= 0.6 is 0 Å². The van der Waals surface area contributed by atoms with Crippen LogP contribution in [0.5, 0.6) is 0 Å². The van der Waals surface area contributed by atoms with Crippen molar-refractivity contribution in [1.82, 2.24) is 5.32 Å². The number of ether oxygens (including phenoxy) is 27. The highest BCUT2D eigenvalue weighted by Gasteiger charge is 2.64. The number of esters is 15. The molecule has 0 aromatic rings. The van der Waals surface area contributed by atoms with Crippen LogP contribution in [0.1, 0.15) is 125 Å². The average Bonchev–Trinajstić information content (AvgIpc) is 0.750. The molecule has 0 unspecified atom stereocenters. The topological polar surface area (TPSA) is 555 Å². The molecule has 6 aliphatic rings. The molecule has 45 nitrogen and oxygen atoms in total. The minimum Gasteiger partial charge on any atom is -0.463 e. The zero-order chi connectivity index (χ0) is 86.6. The van der Waals surface area contributed by atoms with E-state index in [9.17, 15) is 81.8 Å². The summed E-state index contributed by atoms with van der Waals surface area (Å²) in [5, 5.41) is 14.5. The normalized spacial score (nSPS) is 34.8. The summed E-state index contributed by atoms with van der Waals surface area (Å²) in [7, 11) is 0. The first-order valence-electron chi connectivity index (χ1n) is 36.2. The molecule has 6 heterocycles. The van der Waals surface area contributed by atoms with Crippen molar-refractivity contribution in [2.75, 3.05) is 33.0 Å². The lowest BCUT2D eigenvalue weighted by molar-refractivity contribution is -0.401. The molecule has 0 bridgehead atoms. The largest absolute Gasteiger partial charge is 0.463 e. The third-order valence-corrected chi connectivity index (χ3v) is 17.2. The smallest absolute Gasteiger partial charge is 0.303 e. The number of carbonyl (C=O) groups excluding carboxylic acids is 16. The Morgan fingerprint density at radius 1 is 0.284 bits per heavy atom. The summed E-state index contributed by atoms with van der Waals surface area (Å²) in [6, 6.07) is -2.24. The highest BCUT2D eigenvalue weighted by molar-refractivity contribution is 5.74. The second kappa shape index (κ2) is 43.8. The molecule has 6 rings (SSSR count). The van der Waals surface area contributed by atoms with E-state index in [0.717, 1.165) is 111 Å². The van der Waals surface area contributed by atoms with Crippen molar-refractivity contribution in [1.29, 1.82) is 0 Å². The van der Waals surface area contributed by atoms with E-state index >= 15 is 0 Å². The molecular weight excluding hydrogens is 1570 g/mol. The number of hydrogen-bond acceptors (Lipinski definition) is 44. The summed E-state index contributed by atoms with van der Waals surface area (Å²) in [4.78, 5) is 212. The van der Waals surface area contributed by atoms with Gasteiger partial charge in [-0.15, -0.1) is 6.58 Å². The van der Waals surface area contributed by atoms with E-state index < -0.39 is 306 Å². The van der Waals surface area contributed by atoms with E-state index in [1.807, 2.05) is 0 Å². The zero-order valence-electron chi connectivity index (χ0n) is 66.6. The van der Waals surface area contributed by atoms with Gasteiger partial charge in [0, 0.05) is 111 Å². The summed E-state index contributed by atoms with van der Waals surface area (Å²) in [6.45, 7) is 16.9. The van der Waals surface area contributed by atoms with Gasteiger partial charge in [-0.1, -0.05) is 6.08 Å². The first-order valence-corrected chi connectivity index (χ1v) is 36.2. The second-order valence-electron chi connectivity index (χ2n) is 27.0. The standard InChI is InChI=1S/C71H99NO44/c1-20-21-90-67-49(89)57(101-37(13)82)53(45(109-67)23-92-30(6)75)113-70-64(107-43(19)88)61(55(100-36(12)81)47(110-70)25-94-32(8)77)115-66-48(72-28(4)73)56(114-68-62(105-41(17)86)58(102-38(14)83)50(26(2)95-68)97-33(9)78)52(44(108-66)22-91-29(5)74)112-71-65(60(104-40(16)85)54(99-35(11)80)46(111-71)24-93-31(7)76)116-69-63(106-42(18)87)59(103-39(15)84)51(27(3)96-69)98-34(10)79/h20,26-27,44-71,89H,1,21-25H2,2-19H3,(H,72,73)/t26-,27-,44+,45+,46+,47+,48+,49+,50+,51+,52+,53+,54-,55-,56+,57+,58+,59+,60-,61-,62-,63-,64+,65+,66-,67+,68-,69-,70-,71-/m0/s1. The first kappa shape index (κ1) is 95.6. The maximum Gasteiger partial charge on any atom is 0.303 e. The second-order valence-corrected chi connectivity index (χ2v) is 27.0. The number of nitrogens with one attached hydrogen (secondary N) is 1. The third kappa shape index (κ3) is 27.4. The van der Waals surface area contributed by atoms with Gasteiger partial charge in [-0.25, -0.2) is 0 Å². The van der Waals surface area contributed by atoms with Crippen molar-refractivity contribution in [3.05, 3.63) is 12.7 Å². The van der Waals surface area contributed by atoms with Crippen LogP contribution in [0.15, 0.2) is 12.7 Å². The Labute approximate surface area is 663 Å². The van der Waals surface area contributed by atoms with Crippen LogP contribution in [-0.4, -0.2) is 318 Å². The maximum atomic E-state index is 14.4. The molecule has 45 heteroatoms. The lowest BCUT2D eigenvalue weighted by Crippen LogP contribution is -2.72. The Bertz CT molecular complexity index is 3510. The van der Waals surface area contributed by atoms with Crippen LogP contribution in [0, 0.1) is 0 Å². The number of rotatable bonds is 33. The minimum atomic E-state index is -2.45. The number of aliphatic hydroxyl groups excluding tert-OH is 1. The molecule has 652 valence electrons. The average molecular weight is 1670 g/mol. The van der Waals surface area contributed by atoms with Crippen LogP contribution in [-0.2, 0) is 205 Å². The Hall–Kier alpha value is -9.26. The number of aliphatic hydroxyl groups is 1. The van der Waals surface area contributed by atoms with E-state index in [2.05, 4.69) is 11.9 Å². The third-order valence-electron chi connectivity index (χ3n) is 17.2. The minimum absolute atomic E-state index is 0.296. The van der Waals surface area contributed by atoms with E-state index in [0.29, 0.717) is 0 Å². The quantitative estimate of drug-likeness (QED) is 0.0403. The Morgan fingerprint density at radius 2 is 0.534 bits per heavy atom. The van der Waals surface area contributed by atoms with Crippen LogP contribution < -0.4 is 5.32 Å². The van der Waals surface area contributed by atoms with Crippen LogP contribution in [0.3, 0.4) is 0 Å². The molecule has 6 saturated heterocycles. The Morgan fingerprint density at radius 3 is 0.888 bits per heavy atom. The van der Waals surface area contributed by atoms with E-state index in [1.165, 1.54) is 19.9 Å². The molecule has 0 aliphatic carbocycles. The molecule has 30 atom stereocenters. The molecule has 0 spiro atoms. The fourth-order valence-corrected chi connectivity index (χ4v) is 13.3. The Balaban J connectivity index is 1.74. The molecule has 0 radical (unpaired) electrons. The van der Waals surface area contributed by atoms with Gasteiger partial charge < -0.3 is 138 Å². The Kier molecular flexibility index (Phi) is 36.1. The van der Waals surface area contributed by atoms with Crippen LogP contribution in [0.25, 0.3) is 0 Å². The van der Waals surface area contributed by atoms with Crippen molar-refractivity contribution in [3.8, 4) is 0 Å². The van der Waals surface area contributed by atoms with Crippen LogP contribution in [0.4, 0.5) is 0 Å². The summed E-state index contributed by atoms with van der Waals surface area (Å²) >= 11 is 0.